The van der Waals surface area contributed by atoms with Crippen LogP contribution in [0, 0.1) is 11.8 Å². The molecule has 2 atom stereocenters. The van der Waals surface area contributed by atoms with Crippen molar-refractivity contribution in [2.75, 3.05) is 31.9 Å². The molecule has 0 aliphatic heterocycles. The maximum Gasteiger partial charge on any atom is 0.223 e. The smallest absolute Gasteiger partial charge is 0.223 e. The Morgan fingerprint density at radius 2 is 1.95 bits per heavy atom. The van der Waals surface area contributed by atoms with E-state index in [0.29, 0.717) is 19.6 Å². The fourth-order valence-corrected chi connectivity index (χ4v) is 4.25. The van der Waals surface area contributed by atoms with Gasteiger partial charge in [-0.2, -0.15) is 0 Å². The van der Waals surface area contributed by atoms with E-state index in [9.17, 15) is 13.2 Å². The summed E-state index contributed by atoms with van der Waals surface area (Å²) in [6, 6.07) is 0. The average molecular weight is 305 g/mol. The lowest BCUT2D eigenvalue weighted by Gasteiger charge is -2.20. The molecule has 1 aliphatic carbocycles. The van der Waals surface area contributed by atoms with Crippen molar-refractivity contribution < 1.29 is 13.2 Å². The minimum absolute atomic E-state index is 0.0412. The van der Waals surface area contributed by atoms with Gasteiger partial charge >= 0.3 is 0 Å². The van der Waals surface area contributed by atoms with Crippen LogP contribution >= 0.6 is 0 Å². The zero-order valence-electron chi connectivity index (χ0n) is 12.5. The summed E-state index contributed by atoms with van der Waals surface area (Å²) in [5.74, 6) is 0.110. The summed E-state index contributed by atoms with van der Waals surface area (Å²) < 4.78 is 25.4. The van der Waals surface area contributed by atoms with E-state index in [0.717, 1.165) is 19.3 Å². The van der Waals surface area contributed by atoms with E-state index in [1.807, 2.05) is 13.8 Å². The predicted molar refractivity (Wildman–Crippen MR) is 79.6 cm³/mol. The topological polar surface area (TPSA) is 92.5 Å². The molecule has 1 saturated carbocycles. The summed E-state index contributed by atoms with van der Waals surface area (Å²) in [7, 11) is -3.27. The molecule has 7 heteroatoms. The molecule has 0 aromatic carbocycles. The average Bonchev–Trinajstić information content (AvgIpc) is 2.87. The second kappa shape index (κ2) is 7.95. The SMILES string of the molecule is CCN(CC)S(=O)(=O)CCNC(=O)[C@@H]1CCC[C@@H]1CN. The summed E-state index contributed by atoms with van der Waals surface area (Å²) >= 11 is 0. The lowest BCUT2D eigenvalue weighted by atomic mass is 9.95. The number of carbonyl (C=O) groups excluding carboxylic acids is 1. The van der Waals surface area contributed by atoms with Gasteiger partial charge in [-0.15, -0.1) is 0 Å². The van der Waals surface area contributed by atoms with Gasteiger partial charge in [0, 0.05) is 25.6 Å². The third kappa shape index (κ3) is 4.43. The third-order valence-corrected chi connectivity index (χ3v) is 6.08. The molecular formula is C13H27N3O3S. The van der Waals surface area contributed by atoms with Gasteiger partial charge in [0.25, 0.3) is 0 Å². The molecule has 0 saturated heterocycles. The second-order valence-electron chi connectivity index (χ2n) is 5.22. The van der Waals surface area contributed by atoms with Gasteiger partial charge in [0.2, 0.25) is 15.9 Å². The lowest BCUT2D eigenvalue weighted by Crippen LogP contribution is -2.40. The highest BCUT2D eigenvalue weighted by molar-refractivity contribution is 7.89. The summed E-state index contributed by atoms with van der Waals surface area (Å²) in [4.78, 5) is 12.0. The van der Waals surface area contributed by atoms with Crippen LogP contribution in [0.1, 0.15) is 33.1 Å². The normalized spacial score (nSPS) is 23.2. The third-order valence-electron chi connectivity index (χ3n) is 4.06. The van der Waals surface area contributed by atoms with Gasteiger partial charge in [-0.1, -0.05) is 20.3 Å². The number of amides is 1. The van der Waals surface area contributed by atoms with Crippen molar-refractivity contribution >= 4 is 15.9 Å². The van der Waals surface area contributed by atoms with Crippen molar-refractivity contribution in [2.24, 2.45) is 17.6 Å². The Balaban J connectivity index is 2.42. The van der Waals surface area contributed by atoms with E-state index < -0.39 is 10.0 Å². The molecule has 0 unspecified atom stereocenters. The van der Waals surface area contributed by atoms with Crippen LogP contribution in [0.5, 0.6) is 0 Å². The van der Waals surface area contributed by atoms with E-state index >= 15 is 0 Å². The number of nitrogens with two attached hydrogens (primary N) is 1. The largest absolute Gasteiger partial charge is 0.355 e. The van der Waals surface area contributed by atoms with Gasteiger partial charge in [-0.3, -0.25) is 4.79 Å². The van der Waals surface area contributed by atoms with Gasteiger partial charge in [0.1, 0.15) is 0 Å². The molecule has 118 valence electrons. The quantitative estimate of drug-likeness (QED) is 0.667. The highest BCUT2D eigenvalue weighted by Crippen LogP contribution is 2.30. The van der Waals surface area contributed by atoms with Crippen LogP contribution in [0.25, 0.3) is 0 Å². The van der Waals surface area contributed by atoms with Gasteiger partial charge in [-0.05, 0) is 25.3 Å². The van der Waals surface area contributed by atoms with Crippen LogP contribution in [-0.2, 0) is 14.8 Å². The molecule has 0 aromatic rings. The Morgan fingerprint density at radius 1 is 1.30 bits per heavy atom. The first-order chi connectivity index (χ1) is 9.46. The highest BCUT2D eigenvalue weighted by atomic mass is 32.2. The molecule has 1 rings (SSSR count). The summed E-state index contributed by atoms with van der Waals surface area (Å²) in [6.45, 7) is 5.24. The van der Waals surface area contributed by atoms with Crippen molar-refractivity contribution in [3.8, 4) is 0 Å². The van der Waals surface area contributed by atoms with Crippen LogP contribution in [0.4, 0.5) is 0 Å². The number of nitrogens with zero attached hydrogens (tertiary/aromatic N) is 1. The standard InChI is InChI=1S/C13H27N3O3S/c1-3-16(4-2)20(18,19)9-8-15-13(17)12-7-5-6-11(12)10-14/h11-12H,3-10,14H2,1-2H3,(H,15,17)/t11-,12-/m1/s1. The van der Waals surface area contributed by atoms with Crippen LogP contribution in [-0.4, -0.2) is 50.6 Å². The molecule has 1 fully saturated rings. The van der Waals surface area contributed by atoms with Crippen LogP contribution in [0.3, 0.4) is 0 Å². The monoisotopic (exact) mass is 305 g/mol. The molecule has 3 N–H and O–H groups in total. The Kier molecular flexibility index (Phi) is 6.91. The minimum atomic E-state index is -3.27. The van der Waals surface area contributed by atoms with E-state index in [1.54, 1.807) is 0 Å². The number of hydrogen-bond acceptors (Lipinski definition) is 4. The summed E-state index contributed by atoms with van der Waals surface area (Å²) in [6.07, 6.45) is 2.88. The number of sulfonamides is 1. The second-order valence-corrected chi connectivity index (χ2v) is 7.31. The first kappa shape index (κ1) is 17.4. The number of carbonyl (C=O) groups is 1. The van der Waals surface area contributed by atoms with Gasteiger partial charge in [-0.25, -0.2) is 12.7 Å². The van der Waals surface area contributed by atoms with E-state index in [4.69, 9.17) is 5.73 Å². The van der Waals surface area contributed by atoms with Gasteiger partial charge in [0.15, 0.2) is 0 Å². The van der Waals surface area contributed by atoms with Crippen LogP contribution in [0.15, 0.2) is 0 Å². The molecule has 1 amide bonds. The summed E-state index contributed by atoms with van der Waals surface area (Å²) in [5, 5.41) is 2.75. The van der Waals surface area contributed by atoms with E-state index in [1.165, 1.54) is 4.31 Å². The zero-order valence-corrected chi connectivity index (χ0v) is 13.3. The molecular weight excluding hydrogens is 278 g/mol. The number of rotatable bonds is 8. The molecule has 0 aromatic heterocycles. The molecule has 20 heavy (non-hydrogen) atoms. The molecule has 1 aliphatic rings. The number of hydrogen-bond donors (Lipinski definition) is 2. The van der Waals surface area contributed by atoms with Gasteiger partial charge < -0.3 is 11.1 Å². The highest BCUT2D eigenvalue weighted by Gasteiger charge is 2.31. The van der Waals surface area contributed by atoms with Crippen molar-refractivity contribution in [2.45, 2.75) is 33.1 Å². The lowest BCUT2D eigenvalue weighted by molar-refractivity contribution is -0.125. The Bertz CT molecular complexity index is 407. The van der Waals surface area contributed by atoms with E-state index in [2.05, 4.69) is 5.32 Å². The van der Waals surface area contributed by atoms with Crippen molar-refractivity contribution in [3.63, 3.8) is 0 Å². The molecule has 0 heterocycles. The molecule has 6 nitrogen and oxygen atoms in total. The zero-order chi connectivity index (χ0) is 15.2. The number of nitrogens with one attached hydrogen (secondary N) is 1. The van der Waals surface area contributed by atoms with E-state index in [-0.39, 0.29) is 30.0 Å². The Labute approximate surface area is 122 Å². The molecule has 0 spiro atoms. The summed E-state index contributed by atoms with van der Waals surface area (Å²) in [5.41, 5.74) is 5.65. The molecule has 0 bridgehead atoms. The molecule has 0 radical (unpaired) electrons. The Hall–Kier alpha value is -0.660. The first-order valence-electron chi connectivity index (χ1n) is 7.41. The van der Waals surface area contributed by atoms with Crippen LogP contribution < -0.4 is 11.1 Å². The Morgan fingerprint density at radius 3 is 2.50 bits per heavy atom. The maximum absolute atomic E-state index is 12.0. The van der Waals surface area contributed by atoms with Crippen molar-refractivity contribution in [1.82, 2.24) is 9.62 Å². The fourth-order valence-electron chi connectivity index (χ4n) is 2.84. The fraction of sp³-hybridized carbons (Fsp3) is 0.923. The predicted octanol–water partition coefficient (Wildman–Crippen LogP) is 0.149. The first-order valence-corrected chi connectivity index (χ1v) is 9.02. The maximum atomic E-state index is 12.0. The van der Waals surface area contributed by atoms with Crippen LogP contribution in [0.2, 0.25) is 0 Å². The van der Waals surface area contributed by atoms with Gasteiger partial charge in [0.05, 0.1) is 5.75 Å². The van der Waals surface area contributed by atoms with Crippen molar-refractivity contribution in [3.05, 3.63) is 0 Å². The van der Waals surface area contributed by atoms with Crippen molar-refractivity contribution in [1.29, 1.82) is 0 Å². The minimum Gasteiger partial charge on any atom is -0.355 e.